The molecule has 0 aromatic carbocycles. The molecule has 90 valence electrons. The van der Waals surface area contributed by atoms with Crippen molar-refractivity contribution >= 4 is 0 Å². The second-order valence-corrected chi connectivity index (χ2v) is 5.39. The van der Waals surface area contributed by atoms with Gasteiger partial charge in [-0.25, -0.2) is 0 Å². The summed E-state index contributed by atoms with van der Waals surface area (Å²) in [6.45, 7) is 4.51. The van der Waals surface area contributed by atoms with Crippen LogP contribution in [0.5, 0.6) is 0 Å². The van der Waals surface area contributed by atoms with Crippen LogP contribution in [0.4, 0.5) is 0 Å². The van der Waals surface area contributed by atoms with E-state index in [4.69, 9.17) is 5.73 Å². The van der Waals surface area contributed by atoms with Gasteiger partial charge in [-0.05, 0) is 29.9 Å². The minimum absolute atomic E-state index is 0.152. The van der Waals surface area contributed by atoms with Gasteiger partial charge in [0.15, 0.2) is 5.82 Å². The number of tetrazole rings is 1. The zero-order valence-corrected chi connectivity index (χ0v) is 10.3. The fraction of sp³-hybridized carbons (Fsp3) is 0.909. The lowest BCUT2D eigenvalue weighted by molar-refractivity contribution is 0.158. The van der Waals surface area contributed by atoms with Crippen molar-refractivity contribution in [2.75, 3.05) is 0 Å². The SMILES string of the molecule is CC1CCC(C)C(N)(Cc2nnn(C)n2)C1. The molecule has 1 aliphatic carbocycles. The molecule has 3 unspecified atom stereocenters. The molecule has 0 bridgehead atoms. The van der Waals surface area contributed by atoms with Gasteiger partial charge in [0.05, 0.1) is 7.05 Å². The average molecular weight is 223 g/mol. The molecule has 16 heavy (non-hydrogen) atoms. The number of nitrogens with two attached hydrogens (primary N) is 1. The van der Waals surface area contributed by atoms with Gasteiger partial charge in [0.1, 0.15) is 0 Å². The third-order valence-electron chi connectivity index (χ3n) is 3.84. The third-order valence-corrected chi connectivity index (χ3v) is 3.84. The lowest BCUT2D eigenvalue weighted by Gasteiger charge is -2.41. The Labute approximate surface area is 96.4 Å². The number of aromatic nitrogens is 4. The standard InChI is InChI=1S/C11H21N5/c1-8-4-5-9(2)11(12,6-8)7-10-13-15-16(3)14-10/h8-9H,4-7,12H2,1-3H3. The molecule has 2 rings (SSSR count). The van der Waals surface area contributed by atoms with E-state index in [-0.39, 0.29) is 5.54 Å². The Morgan fingerprint density at radius 3 is 2.81 bits per heavy atom. The van der Waals surface area contributed by atoms with Gasteiger partial charge in [-0.1, -0.05) is 20.3 Å². The van der Waals surface area contributed by atoms with E-state index in [1.165, 1.54) is 17.6 Å². The lowest BCUT2D eigenvalue weighted by Crippen LogP contribution is -2.52. The van der Waals surface area contributed by atoms with E-state index in [1.807, 2.05) is 0 Å². The predicted molar refractivity (Wildman–Crippen MR) is 61.6 cm³/mol. The Morgan fingerprint density at radius 1 is 1.44 bits per heavy atom. The monoisotopic (exact) mass is 223 g/mol. The summed E-state index contributed by atoms with van der Waals surface area (Å²) in [5, 5.41) is 12.1. The molecule has 2 N–H and O–H groups in total. The van der Waals surface area contributed by atoms with E-state index >= 15 is 0 Å². The maximum absolute atomic E-state index is 6.52. The van der Waals surface area contributed by atoms with E-state index in [1.54, 1.807) is 7.05 Å². The van der Waals surface area contributed by atoms with Crippen molar-refractivity contribution in [3.63, 3.8) is 0 Å². The zero-order valence-electron chi connectivity index (χ0n) is 10.3. The molecule has 5 heteroatoms. The van der Waals surface area contributed by atoms with Gasteiger partial charge in [0.2, 0.25) is 0 Å². The molecule has 1 heterocycles. The quantitative estimate of drug-likeness (QED) is 0.809. The summed E-state index contributed by atoms with van der Waals surface area (Å²) >= 11 is 0. The Hall–Kier alpha value is -0.970. The summed E-state index contributed by atoms with van der Waals surface area (Å²) in [7, 11) is 1.78. The Bertz CT molecular complexity index is 361. The third kappa shape index (κ3) is 2.24. The highest BCUT2D eigenvalue weighted by Crippen LogP contribution is 2.36. The summed E-state index contributed by atoms with van der Waals surface area (Å²) in [6.07, 6.45) is 4.30. The van der Waals surface area contributed by atoms with Crippen molar-refractivity contribution in [2.45, 2.75) is 45.1 Å². The van der Waals surface area contributed by atoms with Crippen LogP contribution < -0.4 is 5.73 Å². The van der Waals surface area contributed by atoms with Crippen LogP contribution in [0.15, 0.2) is 0 Å². The highest BCUT2D eigenvalue weighted by Gasteiger charge is 2.38. The molecular formula is C11H21N5. The largest absolute Gasteiger partial charge is 0.324 e. The zero-order chi connectivity index (χ0) is 11.8. The van der Waals surface area contributed by atoms with Crippen molar-refractivity contribution in [1.82, 2.24) is 20.2 Å². The van der Waals surface area contributed by atoms with E-state index in [2.05, 4.69) is 29.3 Å². The lowest BCUT2D eigenvalue weighted by atomic mass is 9.68. The first-order chi connectivity index (χ1) is 7.49. The normalized spacial score (nSPS) is 35.2. The summed E-state index contributed by atoms with van der Waals surface area (Å²) < 4.78 is 0. The average Bonchev–Trinajstić information content (AvgIpc) is 2.58. The van der Waals surface area contributed by atoms with Crippen LogP contribution in [0.25, 0.3) is 0 Å². The van der Waals surface area contributed by atoms with Crippen molar-refractivity contribution in [3.05, 3.63) is 5.82 Å². The first-order valence-corrected chi connectivity index (χ1v) is 6.01. The minimum Gasteiger partial charge on any atom is -0.324 e. The molecular weight excluding hydrogens is 202 g/mol. The topological polar surface area (TPSA) is 69.6 Å². The van der Waals surface area contributed by atoms with Crippen molar-refractivity contribution < 1.29 is 0 Å². The molecule has 5 nitrogen and oxygen atoms in total. The smallest absolute Gasteiger partial charge is 0.176 e. The summed E-state index contributed by atoms with van der Waals surface area (Å²) in [4.78, 5) is 1.50. The van der Waals surface area contributed by atoms with Crippen LogP contribution in [0.2, 0.25) is 0 Å². The van der Waals surface area contributed by atoms with Gasteiger partial charge >= 0.3 is 0 Å². The van der Waals surface area contributed by atoms with Crippen molar-refractivity contribution in [1.29, 1.82) is 0 Å². The molecule has 0 saturated heterocycles. The predicted octanol–water partition coefficient (Wildman–Crippen LogP) is 0.906. The fourth-order valence-electron chi connectivity index (χ4n) is 2.71. The molecule has 1 aromatic rings. The van der Waals surface area contributed by atoms with E-state index < -0.39 is 0 Å². The van der Waals surface area contributed by atoms with Crippen LogP contribution in [-0.4, -0.2) is 25.7 Å². The molecule has 0 spiro atoms. The van der Waals surface area contributed by atoms with Gasteiger partial charge in [-0.3, -0.25) is 0 Å². The number of hydrogen-bond acceptors (Lipinski definition) is 4. The first kappa shape index (κ1) is 11.5. The van der Waals surface area contributed by atoms with Gasteiger partial charge in [0.25, 0.3) is 0 Å². The number of nitrogens with zero attached hydrogens (tertiary/aromatic N) is 4. The second kappa shape index (κ2) is 4.13. The van der Waals surface area contributed by atoms with Gasteiger partial charge < -0.3 is 5.73 Å². The Kier molecular flexibility index (Phi) is 2.97. The van der Waals surface area contributed by atoms with Crippen LogP contribution in [0.1, 0.15) is 38.9 Å². The molecule has 0 radical (unpaired) electrons. The number of aryl methyl sites for hydroxylation is 1. The molecule has 0 aliphatic heterocycles. The van der Waals surface area contributed by atoms with E-state index in [0.717, 1.165) is 18.7 Å². The highest BCUT2D eigenvalue weighted by atomic mass is 15.6. The van der Waals surface area contributed by atoms with Gasteiger partial charge in [0, 0.05) is 12.0 Å². The number of rotatable bonds is 2. The van der Waals surface area contributed by atoms with Gasteiger partial charge in [-0.2, -0.15) is 4.80 Å². The van der Waals surface area contributed by atoms with Crippen LogP contribution in [-0.2, 0) is 13.5 Å². The number of hydrogen-bond donors (Lipinski definition) is 1. The van der Waals surface area contributed by atoms with Crippen LogP contribution >= 0.6 is 0 Å². The minimum atomic E-state index is -0.152. The summed E-state index contributed by atoms with van der Waals surface area (Å²) in [5.41, 5.74) is 6.37. The Morgan fingerprint density at radius 2 is 2.19 bits per heavy atom. The van der Waals surface area contributed by atoms with E-state index in [0.29, 0.717) is 11.8 Å². The summed E-state index contributed by atoms with van der Waals surface area (Å²) in [6, 6.07) is 0. The van der Waals surface area contributed by atoms with Crippen LogP contribution in [0, 0.1) is 11.8 Å². The molecule has 1 aromatic heterocycles. The molecule has 1 aliphatic rings. The maximum atomic E-state index is 6.52. The maximum Gasteiger partial charge on any atom is 0.176 e. The fourth-order valence-corrected chi connectivity index (χ4v) is 2.71. The molecule has 3 atom stereocenters. The van der Waals surface area contributed by atoms with Crippen molar-refractivity contribution in [2.24, 2.45) is 24.6 Å². The summed E-state index contributed by atoms with van der Waals surface area (Å²) in [5.74, 6) is 2.01. The molecule has 1 saturated carbocycles. The molecule has 0 amide bonds. The van der Waals surface area contributed by atoms with Crippen molar-refractivity contribution in [3.8, 4) is 0 Å². The Balaban J connectivity index is 2.11. The van der Waals surface area contributed by atoms with Gasteiger partial charge in [-0.15, -0.1) is 10.2 Å². The van der Waals surface area contributed by atoms with E-state index in [9.17, 15) is 0 Å². The first-order valence-electron chi connectivity index (χ1n) is 6.01. The molecule has 1 fully saturated rings. The highest BCUT2D eigenvalue weighted by molar-refractivity contribution is 5.00. The second-order valence-electron chi connectivity index (χ2n) is 5.39. The van der Waals surface area contributed by atoms with Crippen LogP contribution in [0.3, 0.4) is 0 Å².